The number of anilines is 2. The summed E-state index contributed by atoms with van der Waals surface area (Å²) in [4.78, 5) is 14.7. The van der Waals surface area contributed by atoms with Gasteiger partial charge in [-0.1, -0.05) is 30.7 Å². The smallest absolute Gasteiger partial charge is 0.262 e. The van der Waals surface area contributed by atoms with E-state index in [2.05, 4.69) is 23.2 Å². The van der Waals surface area contributed by atoms with Gasteiger partial charge in [-0.05, 0) is 61.6 Å². The molecule has 1 N–H and O–H groups in total. The molecule has 1 amide bonds. The fourth-order valence-corrected chi connectivity index (χ4v) is 3.44. The molecule has 1 aliphatic rings. The van der Waals surface area contributed by atoms with Gasteiger partial charge >= 0.3 is 0 Å². The van der Waals surface area contributed by atoms with Gasteiger partial charge in [-0.3, -0.25) is 4.79 Å². The van der Waals surface area contributed by atoms with Crippen LogP contribution in [0.15, 0.2) is 42.5 Å². The molecule has 2 aromatic carbocycles. The average molecular weight is 373 g/mol. The molecular formula is C21H25ClN2O2. The first-order valence-electron chi connectivity index (χ1n) is 9.05. The number of benzene rings is 2. The Balaban J connectivity index is 1.62. The Bertz CT molecular complexity index is 770. The summed E-state index contributed by atoms with van der Waals surface area (Å²) in [5, 5.41) is 3.65. The number of piperidine rings is 1. The highest BCUT2D eigenvalue weighted by Crippen LogP contribution is 2.29. The van der Waals surface area contributed by atoms with Crippen LogP contribution in [0.2, 0.25) is 5.02 Å². The molecule has 0 bridgehead atoms. The lowest BCUT2D eigenvalue weighted by molar-refractivity contribution is -0.118. The Labute approximate surface area is 160 Å². The summed E-state index contributed by atoms with van der Waals surface area (Å²) in [5.41, 5.74) is 2.83. The second kappa shape index (κ2) is 8.45. The predicted molar refractivity (Wildman–Crippen MR) is 107 cm³/mol. The molecule has 4 nitrogen and oxygen atoms in total. The zero-order valence-corrected chi connectivity index (χ0v) is 16.1. The summed E-state index contributed by atoms with van der Waals surface area (Å²) in [6.07, 6.45) is 2.36. The van der Waals surface area contributed by atoms with Gasteiger partial charge in [0.1, 0.15) is 5.75 Å². The Morgan fingerprint density at radius 1 is 1.23 bits per heavy atom. The van der Waals surface area contributed by atoms with E-state index in [1.807, 2.05) is 31.2 Å². The summed E-state index contributed by atoms with van der Waals surface area (Å²) < 4.78 is 5.64. The molecule has 0 radical (unpaired) electrons. The van der Waals surface area contributed by atoms with Crippen molar-refractivity contribution in [2.75, 3.05) is 29.9 Å². The van der Waals surface area contributed by atoms with Crippen molar-refractivity contribution in [3.63, 3.8) is 0 Å². The third-order valence-electron chi connectivity index (χ3n) is 4.80. The Kier molecular flexibility index (Phi) is 6.04. The molecule has 0 saturated carbocycles. The molecule has 1 aliphatic heterocycles. The second-order valence-corrected chi connectivity index (χ2v) is 7.37. The minimum absolute atomic E-state index is 0.0339. The van der Waals surface area contributed by atoms with Crippen LogP contribution in [-0.4, -0.2) is 25.6 Å². The van der Waals surface area contributed by atoms with Crippen LogP contribution in [0, 0.1) is 12.8 Å². The quantitative estimate of drug-likeness (QED) is 0.811. The molecule has 0 aromatic heterocycles. The SMILES string of the molecule is Cc1cc(Cl)ccc1OCC(=O)Nc1ccccc1N1CCC(C)CC1. The number of carbonyl (C=O) groups excluding carboxylic acids is 1. The number of hydrogen-bond donors (Lipinski definition) is 1. The van der Waals surface area contributed by atoms with E-state index in [0.29, 0.717) is 10.8 Å². The molecule has 5 heteroatoms. The number of para-hydroxylation sites is 2. The van der Waals surface area contributed by atoms with Gasteiger partial charge in [-0.15, -0.1) is 0 Å². The first-order valence-corrected chi connectivity index (χ1v) is 9.43. The Morgan fingerprint density at radius 3 is 2.69 bits per heavy atom. The topological polar surface area (TPSA) is 41.6 Å². The largest absolute Gasteiger partial charge is 0.483 e. The molecule has 3 rings (SSSR count). The number of nitrogens with one attached hydrogen (secondary N) is 1. The fourth-order valence-electron chi connectivity index (χ4n) is 3.21. The normalized spacial score (nSPS) is 15.0. The first kappa shape index (κ1) is 18.6. The molecule has 1 heterocycles. The third-order valence-corrected chi connectivity index (χ3v) is 5.03. The van der Waals surface area contributed by atoms with E-state index in [1.165, 1.54) is 12.8 Å². The third kappa shape index (κ3) is 4.70. The highest BCUT2D eigenvalue weighted by molar-refractivity contribution is 6.30. The van der Waals surface area contributed by atoms with Gasteiger partial charge < -0.3 is 15.0 Å². The summed E-state index contributed by atoms with van der Waals surface area (Å²) in [7, 11) is 0. The first-order chi connectivity index (χ1) is 12.5. The molecule has 0 unspecified atom stereocenters. The minimum atomic E-state index is -0.169. The van der Waals surface area contributed by atoms with Crippen molar-refractivity contribution in [3.8, 4) is 5.75 Å². The van der Waals surface area contributed by atoms with Crippen LogP contribution in [0.25, 0.3) is 0 Å². The number of carbonyl (C=O) groups is 1. The summed E-state index contributed by atoms with van der Waals surface area (Å²) in [5.74, 6) is 1.27. The van der Waals surface area contributed by atoms with Crippen LogP contribution in [0.4, 0.5) is 11.4 Å². The minimum Gasteiger partial charge on any atom is -0.483 e. The maximum Gasteiger partial charge on any atom is 0.262 e. The van der Waals surface area contributed by atoms with E-state index in [9.17, 15) is 4.79 Å². The molecule has 138 valence electrons. The summed E-state index contributed by atoms with van der Waals surface area (Å²) in [6.45, 7) is 6.21. The van der Waals surface area contributed by atoms with Crippen LogP contribution in [0.1, 0.15) is 25.3 Å². The number of hydrogen-bond acceptors (Lipinski definition) is 3. The number of nitrogens with zero attached hydrogens (tertiary/aromatic N) is 1. The average Bonchev–Trinajstić information content (AvgIpc) is 2.62. The molecule has 26 heavy (non-hydrogen) atoms. The predicted octanol–water partition coefficient (Wildman–Crippen LogP) is 4.90. The van der Waals surface area contributed by atoms with Gasteiger partial charge in [-0.2, -0.15) is 0 Å². The van der Waals surface area contributed by atoms with Gasteiger partial charge in [0.25, 0.3) is 5.91 Å². The van der Waals surface area contributed by atoms with Crippen molar-refractivity contribution in [1.82, 2.24) is 0 Å². The van der Waals surface area contributed by atoms with E-state index in [4.69, 9.17) is 16.3 Å². The van der Waals surface area contributed by atoms with E-state index >= 15 is 0 Å². The van der Waals surface area contributed by atoms with Gasteiger partial charge in [-0.25, -0.2) is 0 Å². The highest BCUT2D eigenvalue weighted by atomic mass is 35.5. The number of ether oxygens (including phenoxy) is 1. The molecule has 0 aliphatic carbocycles. The van der Waals surface area contributed by atoms with E-state index < -0.39 is 0 Å². The zero-order chi connectivity index (χ0) is 18.5. The number of halogens is 1. The molecule has 1 fully saturated rings. The molecule has 1 saturated heterocycles. The van der Waals surface area contributed by atoms with Gasteiger partial charge in [0.15, 0.2) is 6.61 Å². The van der Waals surface area contributed by atoms with Crippen molar-refractivity contribution in [2.24, 2.45) is 5.92 Å². The van der Waals surface area contributed by atoms with Crippen LogP contribution in [-0.2, 0) is 4.79 Å². The van der Waals surface area contributed by atoms with Gasteiger partial charge in [0, 0.05) is 18.1 Å². The number of aryl methyl sites for hydroxylation is 1. The van der Waals surface area contributed by atoms with Gasteiger partial charge in [0.2, 0.25) is 0 Å². The van der Waals surface area contributed by atoms with Crippen molar-refractivity contribution in [3.05, 3.63) is 53.1 Å². The van der Waals surface area contributed by atoms with E-state index in [0.717, 1.165) is 35.9 Å². The summed E-state index contributed by atoms with van der Waals surface area (Å²) in [6, 6.07) is 13.3. The van der Waals surface area contributed by atoms with Crippen molar-refractivity contribution in [2.45, 2.75) is 26.7 Å². The summed E-state index contributed by atoms with van der Waals surface area (Å²) >= 11 is 5.95. The fraction of sp³-hybridized carbons (Fsp3) is 0.381. The Morgan fingerprint density at radius 2 is 1.96 bits per heavy atom. The molecule has 2 aromatic rings. The highest BCUT2D eigenvalue weighted by Gasteiger charge is 2.19. The monoisotopic (exact) mass is 372 g/mol. The number of amides is 1. The van der Waals surface area contributed by atoms with Crippen molar-refractivity contribution in [1.29, 1.82) is 0 Å². The van der Waals surface area contributed by atoms with Crippen molar-refractivity contribution >= 4 is 28.9 Å². The van der Waals surface area contributed by atoms with E-state index in [-0.39, 0.29) is 12.5 Å². The lowest BCUT2D eigenvalue weighted by Gasteiger charge is -2.33. The van der Waals surface area contributed by atoms with Crippen LogP contribution >= 0.6 is 11.6 Å². The molecule has 0 atom stereocenters. The molecular weight excluding hydrogens is 348 g/mol. The van der Waals surface area contributed by atoms with Crippen LogP contribution in [0.5, 0.6) is 5.75 Å². The van der Waals surface area contributed by atoms with E-state index in [1.54, 1.807) is 12.1 Å². The lowest BCUT2D eigenvalue weighted by Crippen LogP contribution is -2.33. The molecule has 0 spiro atoms. The standard InChI is InChI=1S/C21H25ClN2O2/c1-15-9-11-24(12-10-15)19-6-4-3-5-18(19)23-21(25)14-26-20-8-7-17(22)13-16(20)2/h3-8,13,15H,9-12,14H2,1-2H3,(H,23,25). The maximum absolute atomic E-state index is 12.4. The Hall–Kier alpha value is -2.20. The van der Waals surface area contributed by atoms with Crippen molar-refractivity contribution < 1.29 is 9.53 Å². The van der Waals surface area contributed by atoms with Crippen LogP contribution < -0.4 is 15.0 Å². The second-order valence-electron chi connectivity index (χ2n) is 6.93. The zero-order valence-electron chi connectivity index (χ0n) is 15.3. The van der Waals surface area contributed by atoms with Crippen LogP contribution in [0.3, 0.4) is 0 Å². The lowest BCUT2D eigenvalue weighted by atomic mass is 9.98. The van der Waals surface area contributed by atoms with Gasteiger partial charge in [0.05, 0.1) is 11.4 Å². The number of rotatable bonds is 5. The maximum atomic E-state index is 12.4.